The molecule has 2 aromatic heterocycles. The number of likely N-dealkylation sites (tertiary alicyclic amines) is 1. The van der Waals surface area contributed by atoms with E-state index < -0.39 is 0 Å². The van der Waals surface area contributed by atoms with Crippen LogP contribution in [0.1, 0.15) is 24.1 Å². The Kier molecular flexibility index (Phi) is 2.77. The predicted molar refractivity (Wildman–Crippen MR) is 75.2 cm³/mol. The molecule has 5 heteroatoms. The van der Waals surface area contributed by atoms with E-state index in [4.69, 9.17) is 4.42 Å². The molecule has 102 valence electrons. The zero-order valence-electron chi connectivity index (χ0n) is 11.1. The SMILES string of the molecule is c1ccc2oc([C@H]3CCN(Cc4ncc[nH]4)C3)nc2c1. The van der Waals surface area contributed by atoms with Crippen LogP contribution in [0, 0.1) is 0 Å². The summed E-state index contributed by atoms with van der Waals surface area (Å²) in [5.74, 6) is 2.27. The summed E-state index contributed by atoms with van der Waals surface area (Å²) in [6, 6.07) is 7.95. The van der Waals surface area contributed by atoms with Crippen molar-refractivity contribution in [2.24, 2.45) is 0 Å². The summed E-state index contributed by atoms with van der Waals surface area (Å²) < 4.78 is 5.87. The minimum atomic E-state index is 0.386. The lowest BCUT2D eigenvalue weighted by Crippen LogP contribution is -2.20. The molecule has 4 rings (SSSR count). The van der Waals surface area contributed by atoms with E-state index in [1.807, 2.05) is 30.5 Å². The molecule has 3 aromatic rings. The number of rotatable bonds is 3. The summed E-state index contributed by atoms with van der Waals surface area (Å²) in [5, 5.41) is 0. The van der Waals surface area contributed by atoms with Crippen molar-refractivity contribution in [2.45, 2.75) is 18.9 Å². The standard InChI is InChI=1S/C15H16N4O/c1-2-4-13-12(3-1)18-15(20-13)11-5-8-19(9-11)10-14-16-6-7-17-14/h1-4,6-7,11H,5,8-10H2,(H,16,17)/t11-/m0/s1. The Morgan fingerprint density at radius 1 is 1.35 bits per heavy atom. The van der Waals surface area contributed by atoms with Crippen molar-refractivity contribution in [1.29, 1.82) is 0 Å². The fraction of sp³-hybridized carbons (Fsp3) is 0.333. The van der Waals surface area contributed by atoms with Crippen LogP contribution >= 0.6 is 0 Å². The zero-order valence-corrected chi connectivity index (χ0v) is 11.1. The Balaban J connectivity index is 1.50. The van der Waals surface area contributed by atoms with Crippen LogP contribution in [0.2, 0.25) is 0 Å². The number of benzene rings is 1. The van der Waals surface area contributed by atoms with E-state index in [-0.39, 0.29) is 0 Å². The summed E-state index contributed by atoms with van der Waals surface area (Å²) in [6.07, 6.45) is 4.75. The van der Waals surface area contributed by atoms with E-state index in [1.54, 1.807) is 6.20 Å². The van der Waals surface area contributed by atoms with Gasteiger partial charge in [0.15, 0.2) is 11.5 Å². The van der Waals surface area contributed by atoms with E-state index >= 15 is 0 Å². The van der Waals surface area contributed by atoms with Crippen LogP contribution in [0.3, 0.4) is 0 Å². The zero-order chi connectivity index (χ0) is 13.4. The Morgan fingerprint density at radius 2 is 2.30 bits per heavy atom. The number of oxazole rings is 1. The maximum atomic E-state index is 5.87. The van der Waals surface area contributed by atoms with Gasteiger partial charge in [0.25, 0.3) is 0 Å². The van der Waals surface area contributed by atoms with Crippen molar-refractivity contribution >= 4 is 11.1 Å². The first kappa shape index (κ1) is 11.7. The summed E-state index contributed by atoms with van der Waals surface area (Å²) in [5.41, 5.74) is 1.83. The summed E-state index contributed by atoms with van der Waals surface area (Å²) in [6.45, 7) is 2.90. The third-order valence-electron chi connectivity index (χ3n) is 3.86. The molecule has 1 aromatic carbocycles. The maximum absolute atomic E-state index is 5.87. The van der Waals surface area contributed by atoms with Gasteiger partial charge in [-0.15, -0.1) is 0 Å². The van der Waals surface area contributed by atoms with E-state index in [1.165, 1.54) is 0 Å². The molecule has 0 bridgehead atoms. The van der Waals surface area contributed by atoms with Gasteiger partial charge in [0.2, 0.25) is 0 Å². The van der Waals surface area contributed by atoms with Crippen LogP contribution in [0.4, 0.5) is 0 Å². The molecule has 0 amide bonds. The average molecular weight is 268 g/mol. The molecule has 0 aliphatic carbocycles. The fourth-order valence-corrected chi connectivity index (χ4v) is 2.84. The molecular formula is C15H16N4O. The summed E-state index contributed by atoms with van der Waals surface area (Å²) >= 11 is 0. The van der Waals surface area contributed by atoms with Crippen molar-refractivity contribution in [3.8, 4) is 0 Å². The van der Waals surface area contributed by atoms with Gasteiger partial charge in [-0.2, -0.15) is 0 Å². The Labute approximate surface area is 116 Å². The molecule has 1 aliphatic heterocycles. The Bertz CT molecular complexity index is 671. The van der Waals surface area contributed by atoms with E-state index in [0.717, 1.165) is 48.9 Å². The lowest BCUT2D eigenvalue weighted by molar-refractivity contribution is 0.313. The highest BCUT2D eigenvalue weighted by molar-refractivity contribution is 5.72. The highest BCUT2D eigenvalue weighted by Crippen LogP contribution is 2.29. The van der Waals surface area contributed by atoms with E-state index in [9.17, 15) is 0 Å². The molecular weight excluding hydrogens is 252 g/mol. The number of H-pyrrole nitrogens is 1. The summed E-state index contributed by atoms with van der Waals surface area (Å²) in [7, 11) is 0. The fourth-order valence-electron chi connectivity index (χ4n) is 2.84. The van der Waals surface area contributed by atoms with E-state index in [0.29, 0.717) is 5.92 Å². The maximum Gasteiger partial charge on any atom is 0.199 e. The normalized spacial score (nSPS) is 19.9. The quantitative estimate of drug-likeness (QED) is 0.793. The minimum Gasteiger partial charge on any atom is -0.440 e. The van der Waals surface area contributed by atoms with Gasteiger partial charge in [0.1, 0.15) is 11.3 Å². The van der Waals surface area contributed by atoms with Crippen LogP contribution in [0.5, 0.6) is 0 Å². The predicted octanol–water partition coefficient (Wildman–Crippen LogP) is 2.54. The second-order valence-corrected chi connectivity index (χ2v) is 5.28. The van der Waals surface area contributed by atoms with Crippen molar-refractivity contribution in [3.05, 3.63) is 48.4 Å². The van der Waals surface area contributed by atoms with Gasteiger partial charge < -0.3 is 9.40 Å². The van der Waals surface area contributed by atoms with Gasteiger partial charge >= 0.3 is 0 Å². The molecule has 0 unspecified atom stereocenters. The molecule has 1 saturated heterocycles. The molecule has 5 nitrogen and oxygen atoms in total. The van der Waals surface area contributed by atoms with Crippen molar-refractivity contribution in [3.63, 3.8) is 0 Å². The number of fused-ring (bicyclic) bond motifs is 1. The van der Waals surface area contributed by atoms with E-state index in [2.05, 4.69) is 19.9 Å². The second kappa shape index (κ2) is 4.76. The number of imidazole rings is 1. The molecule has 0 spiro atoms. The highest BCUT2D eigenvalue weighted by atomic mass is 16.3. The number of nitrogens with one attached hydrogen (secondary N) is 1. The first-order valence-electron chi connectivity index (χ1n) is 6.94. The van der Waals surface area contributed by atoms with Crippen LogP contribution in [0.15, 0.2) is 41.1 Å². The smallest absolute Gasteiger partial charge is 0.199 e. The summed E-state index contributed by atoms with van der Waals surface area (Å²) in [4.78, 5) is 14.4. The second-order valence-electron chi connectivity index (χ2n) is 5.28. The number of hydrogen-bond acceptors (Lipinski definition) is 4. The number of aromatic nitrogens is 3. The van der Waals surface area contributed by atoms with Gasteiger partial charge in [-0.25, -0.2) is 9.97 Å². The topological polar surface area (TPSA) is 58.0 Å². The molecule has 1 atom stereocenters. The number of aromatic amines is 1. The Morgan fingerprint density at radius 3 is 3.15 bits per heavy atom. The molecule has 3 heterocycles. The van der Waals surface area contributed by atoms with Crippen molar-refractivity contribution < 1.29 is 4.42 Å². The number of nitrogens with zero attached hydrogens (tertiary/aromatic N) is 3. The third-order valence-corrected chi connectivity index (χ3v) is 3.86. The van der Waals surface area contributed by atoms with Gasteiger partial charge in [0.05, 0.1) is 6.54 Å². The average Bonchev–Trinajstić information content (AvgIpc) is 3.18. The molecule has 20 heavy (non-hydrogen) atoms. The van der Waals surface area contributed by atoms with Gasteiger partial charge in [-0.3, -0.25) is 4.90 Å². The van der Waals surface area contributed by atoms with Crippen molar-refractivity contribution in [2.75, 3.05) is 13.1 Å². The lowest BCUT2D eigenvalue weighted by Gasteiger charge is -2.12. The van der Waals surface area contributed by atoms with Gasteiger partial charge in [0, 0.05) is 24.9 Å². The Hall–Kier alpha value is -2.14. The molecule has 1 fully saturated rings. The molecule has 0 saturated carbocycles. The van der Waals surface area contributed by atoms with Crippen LogP contribution in [0.25, 0.3) is 11.1 Å². The number of para-hydroxylation sites is 2. The van der Waals surface area contributed by atoms with Crippen LogP contribution in [-0.4, -0.2) is 32.9 Å². The van der Waals surface area contributed by atoms with Gasteiger partial charge in [-0.1, -0.05) is 12.1 Å². The highest BCUT2D eigenvalue weighted by Gasteiger charge is 2.28. The molecule has 0 radical (unpaired) electrons. The lowest BCUT2D eigenvalue weighted by atomic mass is 10.1. The third kappa shape index (κ3) is 2.10. The minimum absolute atomic E-state index is 0.386. The monoisotopic (exact) mass is 268 g/mol. The van der Waals surface area contributed by atoms with Crippen LogP contribution < -0.4 is 0 Å². The van der Waals surface area contributed by atoms with Crippen LogP contribution in [-0.2, 0) is 6.54 Å². The molecule has 1 aliphatic rings. The van der Waals surface area contributed by atoms with Gasteiger partial charge in [-0.05, 0) is 25.1 Å². The molecule has 1 N–H and O–H groups in total. The first-order chi connectivity index (χ1) is 9.88. The number of hydrogen-bond donors (Lipinski definition) is 1. The first-order valence-corrected chi connectivity index (χ1v) is 6.94. The largest absolute Gasteiger partial charge is 0.440 e. The van der Waals surface area contributed by atoms with Crippen molar-refractivity contribution in [1.82, 2.24) is 19.9 Å².